The smallest absolute Gasteiger partial charge is 0.0402 e. The summed E-state index contributed by atoms with van der Waals surface area (Å²) >= 11 is 0. The van der Waals surface area contributed by atoms with E-state index in [9.17, 15) is 0 Å². The van der Waals surface area contributed by atoms with E-state index >= 15 is 0 Å². The molecule has 0 bridgehead atoms. The molecule has 0 aliphatic carbocycles. The Kier molecular flexibility index (Phi) is 21.5. The molecule has 4 heavy (non-hydrogen) atoms. The zero-order chi connectivity index (χ0) is 2.71. The lowest BCUT2D eigenvalue weighted by Gasteiger charge is -1.52. The molecule has 0 aliphatic heterocycles. The average Bonchev–Trinajstić information content (AvgIpc) is 0.918. The van der Waals surface area contributed by atoms with Crippen molar-refractivity contribution in [3.63, 3.8) is 0 Å². The maximum atomic E-state index is 7.57. The van der Waals surface area contributed by atoms with E-state index in [0.29, 0.717) is 0 Å². The normalized spacial score (nSPS) is 4.50. The summed E-state index contributed by atoms with van der Waals surface area (Å²) in [4.78, 5) is 0. The van der Waals surface area contributed by atoms with Crippen LogP contribution in [0.15, 0.2) is 0 Å². The quantitative estimate of drug-likeness (QED) is 0.387. The van der Waals surface area contributed by atoms with Gasteiger partial charge in [-0.1, -0.05) is 0 Å². The Labute approximate surface area is 36.8 Å². The number of hydrogen-bond donors (Lipinski definition) is 1. The standard InChI is InChI=1S/C2H6O.Al/c1-2-3;/h3H,2H2,1H3;. The molecule has 0 saturated heterocycles. The van der Waals surface area contributed by atoms with Gasteiger partial charge in [-0.05, 0) is 6.92 Å². The third-order valence-electron chi connectivity index (χ3n) is 0. The number of aliphatic hydroxyl groups is 1. The molecular formula is C2H6AlO. The molecule has 0 aromatic heterocycles. The Hall–Kier alpha value is 0.492. The maximum Gasteiger partial charge on any atom is 0.0402 e. The van der Waals surface area contributed by atoms with Crippen molar-refractivity contribution in [3.05, 3.63) is 0 Å². The van der Waals surface area contributed by atoms with E-state index in [1.807, 2.05) is 0 Å². The Balaban J connectivity index is 0. The molecule has 2 heteroatoms. The minimum Gasteiger partial charge on any atom is -0.397 e. The van der Waals surface area contributed by atoms with Crippen molar-refractivity contribution in [2.24, 2.45) is 0 Å². The first kappa shape index (κ1) is 8.82. The number of hydrogen-bond acceptors (Lipinski definition) is 1. The molecule has 0 fully saturated rings. The van der Waals surface area contributed by atoms with E-state index in [-0.39, 0.29) is 24.0 Å². The highest BCUT2D eigenvalue weighted by atomic mass is 27.0. The minimum atomic E-state index is 0. The van der Waals surface area contributed by atoms with Crippen molar-refractivity contribution in [1.29, 1.82) is 0 Å². The zero-order valence-corrected chi connectivity index (χ0v) is 3.89. The zero-order valence-electron chi connectivity index (χ0n) is 2.73. The van der Waals surface area contributed by atoms with Gasteiger partial charge in [0.2, 0.25) is 0 Å². The lowest BCUT2D eigenvalue weighted by atomic mass is 10.9. The largest absolute Gasteiger partial charge is 0.397 e. The van der Waals surface area contributed by atoms with Crippen molar-refractivity contribution in [1.82, 2.24) is 0 Å². The van der Waals surface area contributed by atoms with E-state index in [0.717, 1.165) is 0 Å². The van der Waals surface area contributed by atoms with Gasteiger partial charge >= 0.3 is 0 Å². The molecule has 0 amide bonds. The Morgan fingerprint density at radius 2 is 1.75 bits per heavy atom. The van der Waals surface area contributed by atoms with Crippen LogP contribution in [-0.4, -0.2) is 29.1 Å². The van der Waals surface area contributed by atoms with Gasteiger partial charge in [0.15, 0.2) is 0 Å². The molecule has 0 aromatic carbocycles. The second-order valence-corrected chi connectivity index (χ2v) is 0.316. The molecule has 3 radical (unpaired) electrons. The van der Waals surface area contributed by atoms with Crippen molar-refractivity contribution in [2.45, 2.75) is 6.92 Å². The van der Waals surface area contributed by atoms with Crippen LogP contribution >= 0.6 is 0 Å². The summed E-state index contributed by atoms with van der Waals surface area (Å²) in [6.07, 6.45) is 0. The maximum absolute atomic E-state index is 7.57. The topological polar surface area (TPSA) is 20.2 Å². The summed E-state index contributed by atoms with van der Waals surface area (Å²) in [5.74, 6) is 0. The molecule has 1 N–H and O–H groups in total. The fourth-order valence-corrected chi connectivity index (χ4v) is 0. The average molecular weight is 73.1 g/mol. The van der Waals surface area contributed by atoms with Crippen molar-refractivity contribution in [2.75, 3.05) is 6.61 Å². The fraction of sp³-hybridized carbons (Fsp3) is 1.00. The molecule has 0 heterocycles. The Bertz CT molecular complexity index is 6.00. The molecule has 0 saturated carbocycles. The molecule has 0 unspecified atom stereocenters. The Morgan fingerprint density at radius 1 is 1.75 bits per heavy atom. The van der Waals surface area contributed by atoms with E-state index in [2.05, 4.69) is 0 Å². The highest BCUT2D eigenvalue weighted by Crippen LogP contribution is 1.30. The van der Waals surface area contributed by atoms with Gasteiger partial charge in [-0.2, -0.15) is 0 Å². The van der Waals surface area contributed by atoms with E-state index in [1.54, 1.807) is 6.92 Å². The molecule has 0 aliphatic rings. The van der Waals surface area contributed by atoms with Gasteiger partial charge in [-0.15, -0.1) is 0 Å². The lowest BCUT2D eigenvalue weighted by Crippen LogP contribution is -1.57. The van der Waals surface area contributed by atoms with Crippen LogP contribution in [0.2, 0.25) is 0 Å². The van der Waals surface area contributed by atoms with Crippen LogP contribution in [0.25, 0.3) is 0 Å². The molecule has 0 aromatic rings. The van der Waals surface area contributed by atoms with Crippen molar-refractivity contribution < 1.29 is 5.11 Å². The van der Waals surface area contributed by atoms with Crippen LogP contribution in [0.1, 0.15) is 6.92 Å². The molecule has 0 spiro atoms. The SMILES string of the molecule is CCO.[Al]. The predicted octanol–water partition coefficient (Wildman–Crippen LogP) is -0.382. The van der Waals surface area contributed by atoms with Crippen LogP contribution in [0.5, 0.6) is 0 Å². The fourth-order valence-electron chi connectivity index (χ4n) is 0. The first-order chi connectivity index (χ1) is 1.41. The van der Waals surface area contributed by atoms with Crippen LogP contribution < -0.4 is 0 Å². The molecule has 0 atom stereocenters. The summed E-state index contributed by atoms with van der Waals surface area (Å²) < 4.78 is 0. The van der Waals surface area contributed by atoms with Gasteiger partial charge in [-0.3, -0.25) is 0 Å². The predicted molar refractivity (Wildman–Crippen MR) is 18.5 cm³/mol. The van der Waals surface area contributed by atoms with Gasteiger partial charge in [0, 0.05) is 24.0 Å². The third kappa shape index (κ3) is 22.9. The second kappa shape index (κ2) is 9.74. The second-order valence-electron chi connectivity index (χ2n) is 0.316. The summed E-state index contributed by atoms with van der Waals surface area (Å²) in [5, 5.41) is 7.57. The van der Waals surface area contributed by atoms with Gasteiger partial charge < -0.3 is 5.11 Å². The summed E-state index contributed by atoms with van der Waals surface area (Å²) in [5.41, 5.74) is 0. The summed E-state index contributed by atoms with van der Waals surface area (Å²) in [6, 6.07) is 0. The van der Waals surface area contributed by atoms with Crippen LogP contribution in [0.3, 0.4) is 0 Å². The molecular weight excluding hydrogens is 67.0 g/mol. The monoisotopic (exact) mass is 73.0 g/mol. The minimum absolute atomic E-state index is 0. The highest BCUT2D eigenvalue weighted by Gasteiger charge is 1.34. The van der Waals surface area contributed by atoms with Crippen molar-refractivity contribution >= 4 is 17.4 Å². The first-order valence-corrected chi connectivity index (χ1v) is 1.02. The van der Waals surface area contributed by atoms with Gasteiger partial charge in [0.25, 0.3) is 0 Å². The molecule has 1 nitrogen and oxygen atoms in total. The van der Waals surface area contributed by atoms with Crippen LogP contribution in [0, 0.1) is 0 Å². The third-order valence-corrected chi connectivity index (χ3v) is 0. The van der Waals surface area contributed by atoms with Gasteiger partial charge in [0.1, 0.15) is 0 Å². The number of aliphatic hydroxyl groups excluding tert-OH is 1. The highest BCUT2D eigenvalue weighted by molar-refractivity contribution is 5.75. The van der Waals surface area contributed by atoms with Crippen LogP contribution in [0.4, 0.5) is 0 Å². The van der Waals surface area contributed by atoms with Gasteiger partial charge in [0.05, 0.1) is 0 Å². The van der Waals surface area contributed by atoms with E-state index in [1.165, 1.54) is 0 Å². The number of rotatable bonds is 0. The Morgan fingerprint density at radius 3 is 1.75 bits per heavy atom. The van der Waals surface area contributed by atoms with Crippen molar-refractivity contribution in [3.8, 4) is 0 Å². The summed E-state index contributed by atoms with van der Waals surface area (Å²) in [6.45, 7) is 1.93. The lowest BCUT2D eigenvalue weighted by molar-refractivity contribution is 0.318. The van der Waals surface area contributed by atoms with Crippen LogP contribution in [-0.2, 0) is 0 Å². The molecule has 23 valence electrons. The molecule has 0 rings (SSSR count). The van der Waals surface area contributed by atoms with E-state index in [4.69, 9.17) is 5.11 Å². The first-order valence-electron chi connectivity index (χ1n) is 1.02. The van der Waals surface area contributed by atoms with Gasteiger partial charge in [-0.25, -0.2) is 0 Å². The van der Waals surface area contributed by atoms with E-state index < -0.39 is 0 Å². The summed E-state index contributed by atoms with van der Waals surface area (Å²) in [7, 11) is 0.